The van der Waals surface area contributed by atoms with Gasteiger partial charge in [0.05, 0.1) is 22.9 Å². The third-order valence-corrected chi connectivity index (χ3v) is 5.65. The molecule has 1 aromatic carbocycles. The Kier molecular flexibility index (Phi) is 4.99. The molecule has 0 spiro atoms. The number of nitrogens with one attached hydrogen (secondary N) is 1. The average Bonchev–Trinajstić information content (AvgIpc) is 3.25. The molecule has 26 heavy (non-hydrogen) atoms. The summed E-state index contributed by atoms with van der Waals surface area (Å²) in [6.07, 6.45) is 4.08. The fraction of sp³-hybridized carbons (Fsp3) is 0.333. The van der Waals surface area contributed by atoms with Crippen LogP contribution in [0, 0.1) is 0 Å². The Morgan fingerprint density at radius 1 is 1.27 bits per heavy atom. The van der Waals surface area contributed by atoms with Crippen LogP contribution in [0.4, 0.5) is 5.69 Å². The van der Waals surface area contributed by atoms with Crippen LogP contribution in [0.15, 0.2) is 47.0 Å². The van der Waals surface area contributed by atoms with E-state index in [-0.39, 0.29) is 0 Å². The minimum atomic E-state index is 0.672. The van der Waals surface area contributed by atoms with Gasteiger partial charge in [-0.05, 0) is 12.1 Å². The summed E-state index contributed by atoms with van der Waals surface area (Å²) in [4.78, 5) is 14.7. The highest BCUT2D eigenvalue weighted by molar-refractivity contribution is 7.15. The number of halogens is 1. The molecule has 0 atom stereocenters. The van der Waals surface area contributed by atoms with Crippen LogP contribution in [0.3, 0.4) is 0 Å². The van der Waals surface area contributed by atoms with Gasteiger partial charge in [0.15, 0.2) is 10.9 Å². The number of thiazole rings is 1. The predicted octanol–water partition coefficient (Wildman–Crippen LogP) is 2.95. The second-order valence-electron chi connectivity index (χ2n) is 6.15. The molecular weight excluding hydrogens is 368 g/mol. The van der Waals surface area contributed by atoms with Gasteiger partial charge in [0.25, 0.3) is 0 Å². The Morgan fingerprint density at radius 2 is 2.08 bits per heavy atom. The molecule has 1 aliphatic rings. The zero-order valence-electron chi connectivity index (χ0n) is 14.6. The van der Waals surface area contributed by atoms with Crippen LogP contribution >= 0.6 is 22.9 Å². The van der Waals surface area contributed by atoms with Gasteiger partial charge >= 0.3 is 0 Å². The molecule has 8 heteroatoms. The van der Waals surface area contributed by atoms with E-state index < -0.39 is 0 Å². The Balaban J connectivity index is 1.35. The number of nitrogens with zero attached hydrogens (tertiary/aromatic N) is 5. The highest BCUT2D eigenvalue weighted by atomic mass is 35.5. The molecule has 0 radical (unpaired) electrons. The Labute approximate surface area is 161 Å². The van der Waals surface area contributed by atoms with Crippen molar-refractivity contribution in [3.8, 4) is 0 Å². The number of aromatic nitrogens is 2. The second-order valence-corrected chi connectivity index (χ2v) is 7.43. The van der Waals surface area contributed by atoms with E-state index >= 15 is 0 Å². The monoisotopic (exact) mass is 388 g/mol. The van der Waals surface area contributed by atoms with Gasteiger partial charge in [0.2, 0.25) is 0 Å². The van der Waals surface area contributed by atoms with Crippen LogP contribution in [0.5, 0.6) is 0 Å². The summed E-state index contributed by atoms with van der Waals surface area (Å²) in [5.74, 6) is 0.917. The quantitative estimate of drug-likeness (QED) is 0.553. The first-order chi connectivity index (χ1) is 12.7. The third-order valence-electron chi connectivity index (χ3n) is 4.55. The maximum Gasteiger partial charge on any atom is 0.194 e. The fourth-order valence-corrected chi connectivity index (χ4v) is 4.20. The molecule has 0 aliphatic carbocycles. The third kappa shape index (κ3) is 3.50. The lowest BCUT2D eigenvalue weighted by Crippen LogP contribution is -2.52. The number of imidazole rings is 1. The molecule has 1 saturated heterocycles. The fourth-order valence-electron chi connectivity index (χ4n) is 3.23. The highest BCUT2D eigenvalue weighted by Gasteiger charge is 2.21. The van der Waals surface area contributed by atoms with E-state index in [1.165, 1.54) is 0 Å². The maximum absolute atomic E-state index is 6.33. The van der Waals surface area contributed by atoms with Crippen molar-refractivity contribution in [2.75, 3.05) is 38.1 Å². The normalized spacial score (nSPS) is 15.7. The largest absolute Gasteiger partial charge is 0.367 e. The molecule has 136 valence electrons. The Hall–Kier alpha value is -2.25. The number of anilines is 1. The van der Waals surface area contributed by atoms with E-state index in [2.05, 4.69) is 37.4 Å². The van der Waals surface area contributed by atoms with Gasteiger partial charge in [-0.2, -0.15) is 0 Å². The summed E-state index contributed by atoms with van der Waals surface area (Å²) >= 11 is 7.97. The van der Waals surface area contributed by atoms with Crippen LogP contribution in [0.2, 0.25) is 5.02 Å². The number of rotatable bonds is 3. The molecule has 1 fully saturated rings. The van der Waals surface area contributed by atoms with Crippen LogP contribution < -0.4 is 10.2 Å². The van der Waals surface area contributed by atoms with Crippen molar-refractivity contribution in [2.24, 2.45) is 4.99 Å². The number of aliphatic imine (C=N–C) groups is 1. The highest BCUT2D eigenvalue weighted by Crippen LogP contribution is 2.26. The Morgan fingerprint density at radius 3 is 2.81 bits per heavy atom. The van der Waals surface area contributed by atoms with Gasteiger partial charge in [-0.15, -0.1) is 11.3 Å². The van der Waals surface area contributed by atoms with E-state index in [0.29, 0.717) is 6.54 Å². The molecule has 0 unspecified atom stereocenters. The summed E-state index contributed by atoms with van der Waals surface area (Å²) < 4.78 is 2.05. The molecule has 3 aromatic rings. The average molecular weight is 389 g/mol. The number of fused-ring (bicyclic) bond motifs is 1. The van der Waals surface area contributed by atoms with Gasteiger partial charge in [-0.25, -0.2) is 4.98 Å². The van der Waals surface area contributed by atoms with Crippen LogP contribution in [0.25, 0.3) is 4.96 Å². The standard InChI is InChI=1S/C18H21ClN6S/c1-20-17(21-12-14-13-25-10-11-26-18(25)22-14)24-8-6-23(7-9-24)16-5-3-2-4-15(16)19/h2-5,10-11,13H,6-9,12H2,1H3,(H,20,21). The molecule has 0 bridgehead atoms. The van der Waals surface area contributed by atoms with Crippen molar-refractivity contribution >= 4 is 39.5 Å². The molecule has 4 rings (SSSR count). The summed E-state index contributed by atoms with van der Waals surface area (Å²) in [6.45, 7) is 4.33. The number of para-hydroxylation sites is 1. The van der Waals surface area contributed by atoms with Crippen molar-refractivity contribution in [3.63, 3.8) is 0 Å². The van der Waals surface area contributed by atoms with Crippen molar-refractivity contribution in [2.45, 2.75) is 6.54 Å². The molecule has 3 heterocycles. The lowest BCUT2D eigenvalue weighted by molar-refractivity contribution is 0.372. The topological polar surface area (TPSA) is 48.2 Å². The van der Waals surface area contributed by atoms with E-state index in [4.69, 9.17) is 11.6 Å². The number of guanidine groups is 1. The van der Waals surface area contributed by atoms with Gasteiger partial charge in [0, 0.05) is 51.0 Å². The summed E-state index contributed by atoms with van der Waals surface area (Å²) in [7, 11) is 1.83. The van der Waals surface area contributed by atoms with E-state index in [1.807, 2.05) is 41.2 Å². The van der Waals surface area contributed by atoms with Gasteiger partial charge in [-0.1, -0.05) is 23.7 Å². The maximum atomic E-state index is 6.33. The van der Waals surface area contributed by atoms with Crippen molar-refractivity contribution in [1.82, 2.24) is 19.6 Å². The molecule has 0 amide bonds. The van der Waals surface area contributed by atoms with E-state index in [0.717, 1.165) is 53.5 Å². The Bertz CT molecular complexity index is 881. The first-order valence-corrected chi connectivity index (χ1v) is 9.86. The number of benzene rings is 1. The predicted molar refractivity (Wildman–Crippen MR) is 109 cm³/mol. The van der Waals surface area contributed by atoms with Crippen LogP contribution in [0.1, 0.15) is 5.69 Å². The van der Waals surface area contributed by atoms with Crippen LogP contribution in [-0.4, -0.2) is 53.5 Å². The van der Waals surface area contributed by atoms with Gasteiger partial charge in [0.1, 0.15) is 0 Å². The lowest BCUT2D eigenvalue weighted by Gasteiger charge is -2.38. The number of hydrogen-bond donors (Lipinski definition) is 1. The van der Waals surface area contributed by atoms with Crippen molar-refractivity contribution < 1.29 is 0 Å². The first kappa shape index (κ1) is 17.2. The molecule has 6 nitrogen and oxygen atoms in total. The second kappa shape index (κ2) is 7.55. The summed E-state index contributed by atoms with van der Waals surface area (Å²) in [5, 5.41) is 6.28. The molecule has 2 aromatic heterocycles. The summed E-state index contributed by atoms with van der Waals surface area (Å²) in [6, 6.07) is 8.02. The minimum absolute atomic E-state index is 0.672. The molecule has 1 N–H and O–H groups in total. The summed E-state index contributed by atoms with van der Waals surface area (Å²) in [5.41, 5.74) is 2.13. The SMILES string of the molecule is CN=C(NCc1cn2ccsc2n1)N1CCN(c2ccccc2Cl)CC1. The number of hydrogen-bond acceptors (Lipinski definition) is 4. The zero-order valence-corrected chi connectivity index (χ0v) is 16.2. The minimum Gasteiger partial charge on any atom is -0.367 e. The van der Waals surface area contributed by atoms with Gasteiger partial charge < -0.3 is 15.1 Å². The molecule has 1 aliphatic heterocycles. The van der Waals surface area contributed by atoms with Crippen molar-refractivity contribution in [1.29, 1.82) is 0 Å². The van der Waals surface area contributed by atoms with Crippen LogP contribution in [-0.2, 0) is 6.54 Å². The van der Waals surface area contributed by atoms with Crippen molar-refractivity contribution in [3.05, 3.63) is 52.8 Å². The zero-order chi connectivity index (χ0) is 17.9. The lowest BCUT2D eigenvalue weighted by atomic mass is 10.2. The van der Waals surface area contributed by atoms with E-state index in [1.54, 1.807) is 11.3 Å². The van der Waals surface area contributed by atoms with Gasteiger partial charge in [-0.3, -0.25) is 9.39 Å². The first-order valence-electron chi connectivity index (χ1n) is 8.61. The number of piperazine rings is 1. The molecule has 0 saturated carbocycles. The van der Waals surface area contributed by atoms with E-state index in [9.17, 15) is 0 Å². The smallest absolute Gasteiger partial charge is 0.194 e. The molecular formula is C18H21ClN6S.